The molecule has 1 atom stereocenters. The smallest absolute Gasteiger partial charge is 0.169 e. The summed E-state index contributed by atoms with van der Waals surface area (Å²) in [5.41, 5.74) is 1.10. The summed E-state index contributed by atoms with van der Waals surface area (Å²) >= 11 is 3.30. The van der Waals surface area contributed by atoms with Crippen LogP contribution in [0.15, 0.2) is 33.5 Å². The number of halogens is 1. The van der Waals surface area contributed by atoms with Crippen molar-refractivity contribution in [3.05, 3.63) is 40.5 Å². The Hall–Kier alpha value is -1.07. The third-order valence-corrected chi connectivity index (χ3v) is 3.05. The second kappa shape index (κ2) is 5.51. The van der Waals surface area contributed by atoms with E-state index in [2.05, 4.69) is 33.3 Å². The molecular weight excluding hydrogens is 282 g/mol. The fraction of sp³-hybridized carbons (Fsp3) is 0.417. The molecular formula is C12H16BrN3O. The summed E-state index contributed by atoms with van der Waals surface area (Å²) in [5, 5.41) is 7.74. The number of hydrogen-bond acceptors (Lipinski definition) is 3. The van der Waals surface area contributed by atoms with Gasteiger partial charge in [-0.25, -0.2) is 0 Å². The van der Waals surface area contributed by atoms with Gasteiger partial charge in [0.1, 0.15) is 5.76 Å². The van der Waals surface area contributed by atoms with Crippen molar-refractivity contribution in [1.82, 2.24) is 15.1 Å². The predicted molar refractivity (Wildman–Crippen MR) is 69.7 cm³/mol. The first-order valence-corrected chi connectivity index (χ1v) is 6.41. The average Bonchev–Trinajstić information content (AvgIpc) is 2.88. The minimum Gasteiger partial charge on any atom is -0.453 e. The normalized spacial score (nSPS) is 12.9. The van der Waals surface area contributed by atoms with Crippen LogP contribution in [0.1, 0.15) is 24.4 Å². The van der Waals surface area contributed by atoms with E-state index in [0.29, 0.717) is 0 Å². The zero-order chi connectivity index (χ0) is 12.3. The van der Waals surface area contributed by atoms with E-state index in [1.54, 1.807) is 0 Å². The molecule has 2 heterocycles. The number of furan rings is 1. The summed E-state index contributed by atoms with van der Waals surface area (Å²) in [6.45, 7) is 2.97. The third kappa shape index (κ3) is 3.44. The van der Waals surface area contributed by atoms with Gasteiger partial charge in [0, 0.05) is 26.2 Å². The highest BCUT2D eigenvalue weighted by atomic mass is 79.9. The number of hydrogen-bond donors (Lipinski definition) is 1. The molecule has 0 aromatic carbocycles. The topological polar surface area (TPSA) is 43.0 Å². The second-order valence-electron chi connectivity index (χ2n) is 4.05. The first-order valence-electron chi connectivity index (χ1n) is 5.62. The highest BCUT2D eigenvalue weighted by Gasteiger charge is 2.08. The summed E-state index contributed by atoms with van der Waals surface area (Å²) in [4.78, 5) is 0. The van der Waals surface area contributed by atoms with Crippen LogP contribution >= 0.6 is 15.9 Å². The lowest BCUT2D eigenvalue weighted by atomic mass is 10.2. The number of rotatable bonds is 5. The van der Waals surface area contributed by atoms with Crippen LogP contribution in [0, 0.1) is 0 Å². The Bertz CT molecular complexity index is 478. The van der Waals surface area contributed by atoms with Crippen molar-refractivity contribution in [2.75, 3.05) is 6.54 Å². The van der Waals surface area contributed by atoms with Crippen molar-refractivity contribution in [2.45, 2.75) is 19.4 Å². The molecule has 1 N–H and O–H groups in total. The molecule has 0 aliphatic heterocycles. The van der Waals surface area contributed by atoms with E-state index < -0.39 is 0 Å². The summed E-state index contributed by atoms with van der Waals surface area (Å²) in [6, 6.07) is 6.13. The Balaban J connectivity index is 1.78. The minimum absolute atomic E-state index is 0.213. The van der Waals surface area contributed by atoms with Crippen LogP contribution in [0.25, 0.3) is 0 Å². The Labute approximate surface area is 109 Å². The molecule has 0 radical (unpaired) electrons. The van der Waals surface area contributed by atoms with E-state index in [1.165, 1.54) is 0 Å². The number of nitrogens with zero attached hydrogens (tertiary/aromatic N) is 2. The quantitative estimate of drug-likeness (QED) is 0.923. The van der Waals surface area contributed by atoms with Gasteiger partial charge in [0.2, 0.25) is 0 Å². The van der Waals surface area contributed by atoms with Crippen molar-refractivity contribution in [3.8, 4) is 0 Å². The molecule has 2 aromatic rings. The molecule has 92 valence electrons. The van der Waals surface area contributed by atoms with Crippen LogP contribution in [-0.2, 0) is 13.5 Å². The van der Waals surface area contributed by atoms with Gasteiger partial charge < -0.3 is 9.73 Å². The summed E-state index contributed by atoms with van der Waals surface area (Å²) in [6.07, 6.45) is 2.88. The highest BCUT2D eigenvalue weighted by molar-refractivity contribution is 9.10. The van der Waals surface area contributed by atoms with Crippen molar-refractivity contribution in [1.29, 1.82) is 0 Å². The first kappa shape index (κ1) is 12.4. The molecule has 2 aromatic heterocycles. The van der Waals surface area contributed by atoms with E-state index >= 15 is 0 Å². The molecule has 0 spiro atoms. The maximum Gasteiger partial charge on any atom is 0.169 e. The molecule has 0 aliphatic carbocycles. The van der Waals surface area contributed by atoms with Gasteiger partial charge in [-0.3, -0.25) is 4.68 Å². The molecule has 17 heavy (non-hydrogen) atoms. The fourth-order valence-electron chi connectivity index (χ4n) is 1.67. The SMILES string of the molecule is CC(NCCc1ccn(C)n1)c1ccc(Br)o1. The molecule has 5 heteroatoms. The second-order valence-corrected chi connectivity index (χ2v) is 4.83. The molecule has 0 bridgehead atoms. The third-order valence-electron chi connectivity index (χ3n) is 2.62. The van der Waals surface area contributed by atoms with Gasteiger partial charge in [-0.2, -0.15) is 5.10 Å². The van der Waals surface area contributed by atoms with Gasteiger partial charge in [0.25, 0.3) is 0 Å². The molecule has 4 nitrogen and oxygen atoms in total. The molecule has 2 rings (SSSR count). The summed E-state index contributed by atoms with van der Waals surface area (Å²) in [7, 11) is 1.93. The minimum atomic E-state index is 0.213. The van der Waals surface area contributed by atoms with Crippen LogP contribution in [0.3, 0.4) is 0 Å². The summed E-state index contributed by atoms with van der Waals surface area (Å²) < 4.78 is 8.08. The van der Waals surface area contributed by atoms with Crippen LogP contribution < -0.4 is 5.32 Å². The molecule has 0 aliphatic rings. The molecule has 0 fully saturated rings. The van der Waals surface area contributed by atoms with Gasteiger partial charge in [0.15, 0.2) is 4.67 Å². The van der Waals surface area contributed by atoms with Gasteiger partial charge in [-0.1, -0.05) is 0 Å². The fourth-order valence-corrected chi connectivity index (χ4v) is 1.99. The van der Waals surface area contributed by atoms with Gasteiger partial charge in [0.05, 0.1) is 11.7 Å². The van der Waals surface area contributed by atoms with Crippen LogP contribution in [0.5, 0.6) is 0 Å². The lowest BCUT2D eigenvalue weighted by Gasteiger charge is -2.10. The van der Waals surface area contributed by atoms with Gasteiger partial charge in [-0.05, 0) is 41.1 Å². The van der Waals surface area contributed by atoms with E-state index in [0.717, 1.165) is 29.1 Å². The maximum absolute atomic E-state index is 5.49. The van der Waals surface area contributed by atoms with Crippen molar-refractivity contribution in [2.24, 2.45) is 7.05 Å². The van der Waals surface area contributed by atoms with Crippen molar-refractivity contribution < 1.29 is 4.42 Å². The van der Waals surface area contributed by atoms with Crippen molar-refractivity contribution in [3.63, 3.8) is 0 Å². The molecule has 0 saturated heterocycles. The summed E-state index contributed by atoms with van der Waals surface area (Å²) in [5.74, 6) is 0.942. The van der Waals surface area contributed by atoms with Crippen LogP contribution in [0.4, 0.5) is 0 Å². The molecule has 1 unspecified atom stereocenters. The van der Waals surface area contributed by atoms with Crippen LogP contribution in [0.2, 0.25) is 0 Å². The highest BCUT2D eigenvalue weighted by Crippen LogP contribution is 2.19. The molecule has 0 amide bonds. The number of aryl methyl sites for hydroxylation is 1. The van der Waals surface area contributed by atoms with E-state index in [-0.39, 0.29) is 6.04 Å². The van der Waals surface area contributed by atoms with Gasteiger partial charge >= 0.3 is 0 Å². The number of aromatic nitrogens is 2. The zero-order valence-corrected chi connectivity index (χ0v) is 11.6. The average molecular weight is 298 g/mol. The Morgan fingerprint density at radius 3 is 2.88 bits per heavy atom. The maximum atomic E-state index is 5.49. The lowest BCUT2D eigenvalue weighted by Crippen LogP contribution is -2.21. The largest absolute Gasteiger partial charge is 0.453 e. The van der Waals surface area contributed by atoms with E-state index in [4.69, 9.17) is 4.42 Å². The lowest BCUT2D eigenvalue weighted by molar-refractivity contribution is 0.419. The molecule has 0 saturated carbocycles. The van der Waals surface area contributed by atoms with Crippen LogP contribution in [-0.4, -0.2) is 16.3 Å². The number of nitrogens with one attached hydrogen (secondary N) is 1. The van der Waals surface area contributed by atoms with Gasteiger partial charge in [-0.15, -0.1) is 0 Å². The van der Waals surface area contributed by atoms with E-state index in [9.17, 15) is 0 Å². The van der Waals surface area contributed by atoms with E-state index in [1.807, 2.05) is 36.1 Å². The Morgan fingerprint density at radius 2 is 2.29 bits per heavy atom. The first-order chi connectivity index (χ1) is 8.15. The standard InChI is InChI=1S/C12H16BrN3O/c1-9(11-3-4-12(13)17-11)14-7-5-10-6-8-16(2)15-10/h3-4,6,8-9,14H,5,7H2,1-2H3. The Morgan fingerprint density at radius 1 is 1.47 bits per heavy atom. The van der Waals surface area contributed by atoms with Crippen molar-refractivity contribution >= 4 is 15.9 Å². The predicted octanol–water partition coefficient (Wildman–Crippen LogP) is 2.67. The zero-order valence-electron chi connectivity index (χ0n) is 9.98. The Kier molecular flexibility index (Phi) is 4.02. The monoisotopic (exact) mass is 297 g/mol.